The van der Waals surface area contributed by atoms with Crippen LogP contribution in [0.4, 0.5) is 0 Å². The molecule has 0 aliphatic rings. The predicted molar refractivity (Wildman–Crippen MR) is 58.6 cm³/mol. The summed E-state index contributed by atoms with van der Waals surface area (Å²) < 4.78 is 0. The second kappa shape index (κ2) is 4.13. The standard InChI is InChI=1S/C12H17N/c1-5-10(9(3)4)11-7-8-13-12(11)6-2/h5-9,13H,1H2,2-4H3/b11-10+,12-6+. The maximum atomic E-state index is 3.85. The molecule has 1 N–H and O–H groups in total. The Balaban J connectivity index is 3.55. The molecule has 0 radical (unpaired) electrons. The summed E-state index contributed by atoms with van der Waals surface area (Å²) in [6.07, 6.45) is 6.00. The minimum Gasteiger partial charge on any atom is -0.361 e. The molecule has 1 heterocycles. The van der Waals surface area contributed by atoms with Crippen molar-refractivity contribution in [2.45, 2.75) is 20.8 Å². The van der Waals surface area contributed by atoms with Crippen molar-refractivity contribution < 1.29 is 0 Å². The van der Waals surface area contributed by atoms with Gasteiger partial charge in [-0.05, 0) is 24.5 Å². The Morgan fingerprint density at radius 1 is 1.54 bits per heavy atom. The fourth-order valence-electron chi connectivity index (χ4n) is 1.53. The molecule has 0 unspecified atom stereocenters. The molecule has 1 nitrogen and oxygen atoms in total. The van der Waals surface area contributed by atoms with Crippen molar-refractivity contribution in [3.05, 3.63) is 35.5 Å². The van der Waals surface area contributed by atoms with Crippen LogP contribution in [0.5, 0.6) is 0 Å². The lowest BCUT2D eigenvalue weighted by molar-refractivity contribution is 0.855. The molecule has 0 aromatic carbocycles. The minimum absolute atomic E-state index is 0.520. The molecule has 70 valence electrons. The van der Waals surface area contributed by atoms with E-state index >= 15 is 0 Å². The van der Waals surface area contributed by atoms with Gasteiger partial charge in [0.25, 0.3) is 0 Å². The molecule has 0 bridgehead atoms. The molecule has 0 aliphatic carbocycles. The number of aromatic nitrogens is 1. The van der Waals surface area contributed by atoms with Crippen LogP contribution in [-0.4, -0.2) is 4.98 Å². The molecule has 0 spiro atoms. The van der Waals surface area contributed by atoms with Crippen molar-refractivity contribution in [2.24, 2.45) is 5.92 Å². The SMILES string of the molecule is C=C/C(=c1/cc[nH]/c1=C/C)C(C)C. The van der Waals surface area contributed by atoms with Crippen LogP contribution in [0.25, 0.3) is 11.6 Å². The van der Waals surface area contributed by atoms with Gasteiger partial charge in [0, 0.05) is 16.8 Å². The summed E-state index contributed by atoms with van der Waals surface area (Å²) in [5.74, 6) is 0.520. The number of hydrogen-bond donors (Lipinski definition) is 1. The Morgan fingerprint density at radius 3 is 2.69 bits per heavy atom. The lowest BCUT2D eigenvalue weighted by Crippen LogP contribution is -2.25. The van der Waals surface area contributed by atoms with E-state index in [0.29, 0.717) is 5.92 Å². The molecular formula is C12H17N. The molecule has 0 aliphatic heterocycles. The van der Waals surface area contributed by atoms with E-state index in [9.17, 15) is 0 Å². The van der Waals surface area contributed by atoms with Crippen molar-refractivity contribution in [1.82, 2.24) is 4.98 Å². The van der Waals surface area contributed by atoms with E-state index in [4.69, 9.17) is 0 Å². The summed E-state index contributed by atoms with van der Waals surface area (Å²) in [5, 5.41) is 2.45. The van der Waals surface area contributed by atoms with Gasteiger partial charge in [0.05, 0.1) is 0 Å². The maximum absolute atomic E-state index is 3.85. The second-order valence-corrected chi connectivity index (χ2v) is 3.41. The third kappa shape index (κ3) is 1.92. The number of hydrogen-bond acceptors (Lipinski definition) is 0. The first-order valence-corrected chi connectivity index (χ1v) is 4.67. The minimum atomic E-state index is 0.520. The number of aromatic amines is 1. The first-order chi connectivity index (χ1) is 6.20. The number of rotatable bonds is 2. The first-order valence-electron chi connectivity index (χ1n) is 4.67. The van der Waals surface area contributed by atoms with Gasteiger partial charge >= 0.3 is 0 Å². The van der Waals surface area contributed by atoms with E-state index < -0.39 is 0 Å². The van der Waals surface area contributed by atoms with E-state index in [0.717, 1.165) is 0 Å². The van der Waals surface area contributed by atoms with Crippen LogP contribution < -0.4 is 10.6 Å². The van der Waals surface area contributed by atoms with Gasteiger partial charge in [-0.3, -0.25) is 0 Å². The molecular weight excluding hydrogens is 158 g/mol. The van der Waals surface area contributed by atoms with Gasteiger partial charge in [-0.1, -0.05) is 32.6 Å². The van der Waals surface area contributed by atoms with Crippen LogP contribution in [0, 0.1) is 5.92 Å². The van der Waals surface area contributed by atoms with Crippen molar-refractivity contribution >= 4 is 11.6 Å². The highest BCUT2D eigenvalue weighted by atomic mass is 14.6. The van der Waals surface area contributed by atoms with Crippen LogP contribution >= 0.6 is 0 Å². The van der Waals surface area contributed by atoms with Crippen LogP contribution in [0.2, 0.25) is 0 Å². The highest BCUT2D eigenvalue weighted by molar-refractivity contribution is 5.57. The van der Waals surface area contributed by atoms with Crippen molar-refractivity contribution in [1.29, 1.82) is 0 Å². The quantitative estimate of drug-likeness (QED) is 0.705. The summed E-state index contributed by atoms with van der Waals surface area (Å²) in [5.41, 5.74) is 1.30. The van der Waals surface area contributed by atoms with E-state index in [-0.39, 0.29) is 0 Å². The van der Waals surface area contributed by atoms with E-state index in [1.54, 1.807) is 0 Å². The topological polar surface area (TPSA) is 15.8 Å². The fraction of sp³-hybridized carbons (Fsp3) is 0.333. The Morgan fingerprint density at radius 2 is 2.23 bits per heavy atom. The van der Waals surface area contributed by atoms with Gasteiger partial charge in [0.15, 0.2) is 0 Å². The Bertz CT molecular complexity index is 393. The fourth-order valence-corrected chi connectivity index (χ4v) is 1.53. The van der Waals surface area contributed by atoms with Crippen molar-refractivity contribution in [3.63, 3.8) is 0 Å². The van der Waals surface area contributed by atoms with Crippen LogP contribution in [0.1, 0.15) is 20.8 Å². The highest BCUT2D eigenvalue weighted by Crippen LogP contribution is 2.08. The van der Waals surface area contributed by atoms with Gasteiger partial charge in [-0.25, -0.2) is 0 Å². The molecule has 1 rings (SSSR count). The molecule has 0 amide bonds. The second-order valence-electron chi connectivity index (χ2n) is 3.41. The summed E-state index contributed by atoms with van der Waals surface area (Å²) in [7, 11) is 0. The van der Waals surface area contributed by atoms with E-state index in [1.807, 2.05) is 19.2 Å². The molecule has 13 heavy (non-hydrogen) atoms. The number of allylic oxidation sites excluding steroid dienone is 1. The molecule has 1 aromatic heterocycles. The summed E-state index contributed by atoms with van der Waals surface area (Å²) in [4.78, 5) is 3.20. The predicted octanol–water partition coefficient (Wildman–Crippen LogP) is 1.81. The molecule has 0 fully saturated rings. The van der Waals surface area contributed by atoms with Gasteiger partial charge in [-0.2, -0.15) is 0 Å². The lowest BCUT2D eigenvalue weighted by Gasteiger charge is -2.03. The third-order valence-electron chi connectivity index (χ3n) is 2.22. The molecule has 1 heteroatoms. The summed E-state index contributed by atoms with van der Waals surface area (Å²) >= 11 is 0. The number of H-pyrrole nitrogens is 1. The average molecular weight is 175 g/mol. The average Bonchev–Trinajstić information content (AvgIpc) is 2.53. The van der Waals surface area contributed by atoms with E-state index in [1.165, 1.54) is 16.1 Å². The van der Waals surface area contributed by atoms with Gasteiger partial charge in [0.1, 0.15) is 0 Å². The van der Waals surface area contributed by atoms with Crippen LogP contribution in [-0.2, 0) is 0 Å². The van der Waals surface area contributed by atoms with Crippen LogP contribution in [0.15, 0.2) is 24.9 Å². The van der Waals surface area contributed by atoms with Crippen molar-refractivity contribution in [2.75, 3.05) is 0 Å². The van der Waals surface area contributed by atoms with Crippen LogP contribution in [0.3, 0.4) is 0 Å². The third-order valence-corrected chi connectivity index (χ3v) is 2.22. The molecule has 0 atom stereocenters. The Kier molecular flexibility index (Phi) is 3.13. The first kappa shape index (κ1) is 9.85. The molecule has 0 saturated heterocycles. The Hall–Kier alpha value is -1.24. The smallest absolute Gasteiger partial charge is 0.0413 e. The maximum Gasteiger partial charge on any atom is 0.0413 e. The Labute approximate surface area is 79.5 Å². The van der Waals surface area contributed by atoms with Gasteiger partial charge in [-0.15, -0.1) is 0 Å². The monoisotopic (exact) mass is 175 g/mol. The zero-order chi connectivity index (χ0) is 9.84. The normalized spacial score (nSPS) is 14.9. The largest absolute Gasteiger partial charge is 0.361 e. The van der Waals surface area contributed by atoms with Gasteiger partial charge < -0.3 is 4.98 Å². The lowest BCUT2D eigenvalue weighted by atomic mass is 10.0. The summed E-state index contributed by atoms with van der Waals surface area (Å²) in [6.45, 7) is 10.3. The zero-order valence-electron chi connectivity index (χ0n) is 8.59. The number of nitrogens with one attached hydrogen (secondary N) is 1. The molecule has 1 aromatic rings. The van der Waals surface area contributed by atoms with Gasteiger partial charge in [0.2, 0.25) is 0 Å². The van der Waals surface area contributed by atoms with E-state index in [2.05, 4.69) is 37.6 Å². The highest BCUT2D eigenvalue weighted by Gasteiger charge is 2.00. The van der Waals surface area contributed by atoms with Crippen molar-refractivity contribution in [3.8, 4) is 0 Å². The zero-order valence-corrected chi connectivity index (χ0v) is 8.59. The molecule has 0 saturated carbocycles. The summed E-state index contributed by atoms with van der Waals surface area (Å²) in [6, 6.07) is 2.10.